The Morgan fingerprint density at radius 1 is 1.25 bits per heavy atom. The van der Waals surface area contributed by atoms with Crippen LogP contribution >= 0.6 is 11.6 Å². The summed E-state index contributed by atoms with van der Waals surface area (Å²) in [5.41, 5.74) is 2.33. The van der Waals surface area contributed by atoms with Crippen molar-refractivity contribution in [3.63, 3.8) is 0 Å². The molecule has 20 heavy (non-hydrogen) atoms. The maximum atomic E-state index is 13.2. The van der Waals surface area contributed by atoms with Crippen LogP contribution in [0.25, 0.3) is 0 Å². The standard InChI is InChI=1S/C16H12ClFO2/c1-9-2-5-15-11(6-9)14(19)8-16(20-15)10-3-4-13(18)12(17)7-10/h2-7,16H,8H2,1H3. The van der Waals surface area contributed by atoms with Gasteiger partial charge in [-0.2, -0.15) is 0 Å². The number of carbonyl (C=O) groups excluding carboxylic acids is 1. The van der Waals surface area contributed by atoms with Crippen molar-refractivity contribution < 1.29 is 13.9 Å². The van der Waals surface area contributed by atoms with Crippen molar-refractivity contribution in [2.75, 3.05) is 0 Å². The molecule has 0 amide bonds. The first-order chi connectivity index (χ1) is 9.54. The highest BCUT2D eigenvalue weighted by Gasteiger charge is 2.28. The SMILES string of the molecule is Cc1ccc2c(c1)C(=O)CC(c1ccc(F)c(Cl)c1)O2. The quantitative estimate of drug-likeness (QED) is 0.773. The van der Waals surface area contributed by atoms with Gasteiger partial charge in [-0.1, -0.05) is 29.3 Å². The summed E-state index contributed by atoms with van der Waals surface area (Å²) in [4.78, 5) is 12.2. The highest BCUT2D eigenvalue weighted by atomic mass is 35.5. The Balaban J connectivity index is 1.97. The zero-order valence-corrected chi connectivity index (χ0v) is 11.6. The number of rotatable bonds is 1. The van der Waals surface area contributed by atoms with Gasteiger partial charge in [0.1, 0.15) is 17.7 Å². The topological polar surface area (TPSA) is 26.3 Å². The molecule has 1 unspecified atom stereocenters. The van der Waals surface area contributed by atoms with Crippen molar-refractivity contribution in [1.82, 2.24) is 0 Å². The molecule has 2 aromatic rings. The number of halogens is 2. The van der Waals surface area contributed by atoms with E-state index in [1.165, 1.54) is 12.1 Å². The molecule has 0 saturated heterocycles. The van der Waals surface area contributed by atoms with E-state index in [1.807, 2.05) is 19.1 Å². The number of hydrogen-bond donors (Lipinski definition) is 0. The molecule has 3 rings (SSSR count). The first-order valence-corrected chi connectivity index (χ1v) is 6.68. The summed E-state index contributed by atoms with van der Waals surface area (Å²) in [6.07, 6.45) is -0.186. The lowest BCUT2D eigenvalue weighted by atomic mass is 9.95. The number of fused-ring (bicyclic) bond motifs is 1. The molecule has 2 aromatic carbocycles. The molecule has 0 spiro atoms. The van der Waals surface area contributed by atoms with Gasteiger partial charge < -0.3 is 4.74 Å². The van der Waals surface area contributed by atoms with Crippen LogP contribution in [0.1, 0.15) is 34.0 Å². The summed E-state index contributed by atoms with van der Waals surface area (Å²) in [5, 5.41) is 0.0354. The molecule has 1 heterocycles. The Bertz CT molecular complexity index is 697. The smallest absolute Gasteiger partial charge is 0.170 e. The summed E-state index contributed by atoms with van der Waals surface area (Å²) in [7, 11) is 0. The second-order valence-electron chi connectivity index (χ2n) is 4.91. The highest BCUT2D eigenvalue weighted by Crippen LogP contribution is 2.36. The van der Waals surface area contributed by atoms with Crippen molar-refractivity contribution in [1.29, 1.82) is 0 Å². The van der Waals surface area contributed by atoms with Gasteiger partial charge in [0.2, 0.25) is 0 Å². The van der Waals surface area contributed by atoms with Crippen LogP contribution in [0.3, 0.4) is 0 Å². The van der Waals surface area contributed by atoms with Crippen molar-refractivity contribution in [3.8, 4) is 5.75 Å². The summed E-state index contributed by atoms with van der Waals surface area (Å²) in [6, 6.07) is 9.90. The number of ether oxygens (including phenoxy) is 1. The van der Waals surface area contributed by atoms with E-state index in [0.717, 1.165) is 5.56 Å². The van der Waals surface area contributed by atoms with Crippen LogP contribution in [0.4, 0.5) is 4.39 Å². The van der Waals surface area contributed by atoms with Crippen LogP contribution in [0.5, 0.6) is 5.75 Å². The third-order valence-electron chi connectivity index (χ3n) is 3.39. The largest absolute Gasteiger partial charge is 0.484 e. The molecule has 0 N–H and O–H groups in total. The zero-order valence-electron chi connectivity index (χ0n) is 10.8. The predicted molar refractivity (Wildman–Crippen MR) is 74.9 cm³/mol. The van der Waals surface area contributed by atoms with Crippen LogP contribution in [-0.2, 0) is 0 Å². The van der Waals surface area contributed by atoms with E-state index in [-0.39, 0.29) is 17.2 Å². The molecule has 102 valence electrons. The number of hydrogen-bond acceptors (Lipinski definition) is 2. The normalized spacial score (nSPS) is 17.6. The number of benzene rings is 2. The van der Waals surface area contributed by atoms with Gasteiger partial charge in [0, 0.05) is 0 Å². The second-order valence-corrected chi connectivity index (χ2v) is 5.31. The Labute approximate surface area is 121 Å². The minimum atomic E-state index is -0.478. The average Bonchev–Trinajstić information content (AvgIpc) is 2.42. The summed E-state index contributed by atoms with van der Waals surface area (Å²) >= 11 is 5.77. The fourth-order valence-electron chi connectivity index (χ4n) is 2.34. The molecule has 1 aliphatic heterocycles. The molecule has 2 nitrogen and oxygen atoms in total. The fourth-order valence-corrected chi connectivity index (χ4v) is 2.53. The van der Waals surface area contributed by atoms with Gasteiger partial charge in [-0.05, 0) is 36.8 Å². The van der Waals surface area contributed by atoms with E-state index < -0.39 is 11.9 Å². The van der Waals surface area contributed by atoms with Gasteiger partial charge in [-0.15, -0.1) is 0 Å². The monoisotopic (exact) mass is 290 g/mol. The fraction of sp³-hybridized carbons (Fsp3) is 0.188. The Kier molecular flexibility index (Phi) is 3.22. The van der Waals surface area contributed by atoms with E-state index in [9.17, 15) is 9.18 Å². The first kappa shape index (κ1) is 13.1. The molecule has 0 aliphatic carbocycles. The lowest BCUT2D eigenvalue weighted by Crippen LogP contribution is -2.20. The summed E-state index contributed by atoms with van der Waals surface area (Å²) < 4.78 is 19.0. The van der Waals surface area contributed by atoms with Crippen molar-refractivity contribution in [2.24, 2.45) is 0 Å². The van der Waals surface area contributed by atoms with Crippen molar-refractivity contribution >= 4 is 17.4 Å². The van der Waals surface area contributed by atoms with E-state index >= 15 is 0 Å². The first-order valence-electron chi connectivity index (χ1n) is 6.30. The predicted octanol–water partition coefficient (Wildman–Crippen LogP) is 4.49. The van der Waals surface area contributed by atoms with Crippen LogP contribution in [0, 0.1) is 12.7 Å². The maximum Gasteiger partial charge on any atom is 0.170 e. The lowest BCUT2D eigenvalue weighted by molar-refractivity contribution is 0.0850. The summed E-state index contributed by atoms with van der Waals surface area (Å²) in [5.74, 6) is 0.117. The Morgan fingerprint density at radius 2 is 2.05 bits per heavy atom. The van der Waals surface area contributed by atoms with E-state index in [1.54, 1.807) is 12.1 Å². The molecule has 0 fully saturated rings. The second kappa shape index (κ2) is 4.91. The van der Waals surface area contributed by atoms with E-state index in [0.29, 0.717) is 16.9 Å². The molecule has 0 saturated carbocycles. The van der Waals surface area contributed by atoms with Gasteiger partial charge in [-0.25, -0.2) is 4.39 Å². The molecule has 1 atom stereocenters. The molecule has 1 aliphatic rings. The van der Waals surface area contributed by atoms with E-state index in [4.69, 9.17) is 16.3 Å². The minimum Gasteiger partial charge on any atom is -0.484 e. The number of carbonyl (C=O) groups is 1. The lowest BCUT2D eigenvalue weighted by Gasteiger charge is -2.26. The van der Waals surface area contributed by atoms with Crippen LogP contribution < -0.4 is 4.74 Å². The van der Waals surface area contributed by atoms with Gasteiger partial charge >= 0.3 is 0 Å². The van der Waals surface area contributed by atoms with Gasteiger partial charge in [-0.3, -0.25) is 4.79 Å². The van der Waals surface area contributed by atoms with Crippen LogP contribution in [0.15, 0.2) is 36.4 Å². The van der Waals surface area contributed by atoms with Crippen molar-refractivity contribution in [2.45, 2.75) is 19.4 Å². The molecule has 0 bridgehead atoms. The van der Waals surface area contributed by atoms with Crippen LogP contribution in [-0.4, -0.2) is 5.78 Å². The third-order valence-corrected chi connectivity index (χ3v) is 3.68. The molecular weight excluding hydrogens is 279 g/mol. The minimum absolute atomic E-state index is 0.0281. The average molecular weight is 291 g/mol. The number of ketones is 1. The van der Waals surface area contributed by atoms with Gasteiger partial charge in [0.15, 0.2) is 5.78 Å². The zero-order chi connectivity index (χ0) is 14.3. The van der Waals surface area contributed by atoms with Gasteiger partial charge in [0.05, 0.1) is 17.0 Å². The Hall–Kier alpha value is -1.87. The summed E-state index contributed by atoms with van der Waals surface area (Å²) in [6.45, 7) is 1.93. The van der Waals surface area contributed by atoms with E-state index in [2.05, 4.69) is 0 Å². The maximum absolute atomic E-state index is 13.2. The number of aryl methyl sites for hydroxylation is 1. The molecule has 0 aromatic heterocycles. The van der Waals surface area contributed by atoms with Crippen LogP contribution in [0.2, 0.25) is 5.02 Å². The molecule has 4 heteroatoms. The Morgan fingerprint density at radius 3 is 2.80 bits per heavy atom. The van der Waals surface area contributed by atoms with Gasteiger partial charge in [0.25, 0.3) is 0 Å². The van der Waals surface area contributed by atoms with Crippen molar-refractivity contribution in [3.05, 3.63) is 63.9 Å². The third kappa shape index (κ3) is 2.29. The molecule has 0 radical (unpaired) electrons. The highest BCUT2D eigenvalue weighted by molar-refractivity contribution is 6.30. The number of Topliss-reactive ketones (excluding diaryl/α,β-unsaturated/α-hetero) is 1. The molecular formula is C16H12ClFO2.